The van der Waals surface area contributed by atoms with Crippen molar-refractivity contribution in [2.45, 2.75) is 4.90 Å². The lowest BCUT2D eigenvalue weighted by molar-refractivity contribution is -0.129. The van der Waals surface area contributed by atoms with Crippen LogP contribution in [0.2, 0.25) is 0 Å². The Morgan fingerprint density at radius 1 is 1.09 bits per heavy atom. The Morgan fingerprint density at radius 3 is 2.22 bits per heavy atom. The third-order valence-electron chi connectivity index (χ3n) is 2.90. The molecule has 2 N–H and O–H groups in total. The van der Waals surface area contributed by atoms with Crippen LogP contribution in [0, 0.1) is 0 Å². The number of nitrogens with zero attached hydrogens (tertiary/aromatic N) is 1. The summed E-state index contributed by atoms with van der Waals surface area (Å²) in [6.07, 6.45) is 0. The van der Waals surface area contributed by atoms with E-state index >= 15 is 0 Å². The van der Waals surface area contributed by atoms with E-state index in [9.17, 15) is 18.3 Å². The highest BCUT2D eigenvalue weighted by atomic mass is 32.2. The van der Waals surface area contributed by atoms with Crippen molar-refractivity contribution in [1.82, 2.24) is 4.83 Å². The molecule has 0 spiro atoms. The predicted molar refractivity (Wildman–Crippen MR) is 83.9 cm³/mol. The van der Waals surface area contributed by atoms with Gasteiger partial charge in [0.15, 0.2) is 5.71 Å². The molecule has 0 bridgehead atoms. The number of benzene rings is 2. The summed E-state index contributed by atoms with van der Waals surface area (Å²) in [5.74, 6) is -0.836. The van der Waals surface area contributed by atoms with Crippen molar-refractivity contribution in [2.75, 3.05) is 7.11 Å². The smallest absolute Gasteiger partial charge is 0.356 e. The van der Waals surface area contributed by atoms with Gasteiger partial charge in [-0.1, -0.05) is 30.3 Å². The van der Waals surface area contributed by atoms with E-state index in [1.807, 2.05) is 4.83 Å². The number of carboxylic acid groups (broad SMARTS) is 1. The number of carbonyl (C=O) groups is 1. The minimum atomic E-state index is -3.98. The largest absolute Gasteiger partial charge is 0.497 e. The molecule has 2 aromatic rings. The summed E-state index contributed by atoms with van der Waals surface area (Å²) in [6, 6.07) is 13.6. The molecule has 0 unspecified atom stereocenters. The first-order valence-electron chi connectivity index (χ1n) is 6.46. The Kier molecular flexibility index (Phi) is 4.97. The number of sulfonamides is 1. The highest BCUT2D eigenvalue weighted by Crippen LogP contribution is 2.15. The maximum Gasteiger partial charge on any atom is 0.356 e. The van der Waals surface area contributed by atoms with Crippen LogP contribution >= 0.6 is 0 Å². The fraction of sp³-hybridized carbons (Fsp3) is 0.0667. The van der Waals surface area contributed by atoms with Crippen LogP contribution in [0.25, 0.3) is 0 Å². The molecule has 0 heterocycles. The number of nitrogens with one attached hydrogen (secondary N) is 1. The van der Waals surface area contributed by atoms with Crippen LogP contribution in [-0.2, 0) is 14.8 Å². The molecular formula is C15H14N2O5S. The molecule has 7 nitrogen and oxygen atoms in total. The van der Waals surface area contributed by atoms with Crippen molar-refractivity contribution in [3.63, 3.8) is 0 Å². The van der Waals surface area contributed by atoms with E-state index in [0.717, 1.165) is 0 Å². The standard InChI is InChI=1S/C15H14N2O5S/c1-22-12-7-9-13(10-8-12)23(20,21)17-16-14(15(18)19)11-5-3-2-4-6-11/h2-10,17H,1H3,(H,18,19)/b16-14+. The fourth-order valence-corrected chi connectivity index (χ4v) is 2.56. The molecule has 8 heteroatoms. The SMILES string of the molecule is COc1ccc(S(=O)(=O)N/N=C(/C(=O)O)c2ccccc2)cc1. The van der Waals surface area contributed by atoms with Gasteiger partial charge in [0.25, 0.3) is 10.0 Å². The summed E-state index contributed by atoms with van der Waals surface area (Å²) in [5.41, 5.74) is -0.111. The molecule has 120 valence electrons. The monoisotopic (exact) mass is 334 g/mol. The van der Waals surface area contributed by atoms with Crippen molar-refractivity contribution in [3.8, 4) is 5.75 Å². The van der Waals surface area contributed by atoms with E-state index in [1.54, 1.807) is 18.2 Å². The van der Waals surface area contributed by atoms with Gasteiger partial charge in [0.1, 0.15) is 5.75 Å². The van der Waals surface area contributed by atoms with Crippen LogP contribution < -0.4 is 9.57 Å². The number of hydrogen-bond donors (Lipinski definition) is 2. The zero-order valence-electron chi connectivity index (χ0n) is 12.1. The van der Waals surface area contributed by atoms with E-state index in [4.69, 9.17) is 4.74 Å². The molecule has 0 fully saturated rings. The highest BCUT2D eigenvalue weighted by molar-refractivity contribution is 7.89. The molecule has 0 atom stereocenters. The van der Waals surface area contributed by atoms with Gasteiger partial charge in [-0.15, -0.1) is 0 Å². The van der Waals surface area contributed by atoms with Gasteiger partial charge < -0.3 is 9.84 Å². The van der Waals surface area contributed by atoms with Crippen molar-refractivity contribution >= 4 is 21.7 Å². The lowest BCUT2D eigenvalue weighted by Crippen LogP contribution is -2.24. The molecule has 2 aromatic carbocycles. The van der Waals surface area contributed by atoms with Crippen LogP contribution in [-0.4, -0.2) is 32.3 Å². The molecule has 0 aliphatic carbocycles. The van der Waals surface area contributed by atoms with Gasteiger partial charge in [-0.25, -0.2) is 4.79 Å². The average Bonchev–Trinajstić information content (AvgIpc) is 2.55. The van der Waals surface area contributed by atoms with Crippen molar-refractivity contribution in [1.29, 1.82) is 0 Å². The summed E-state index contributed by atoms with van der Waals surface area (Å²) < 4.78 is 29.2. The zero-order valence-corrected chi connectivity index (χ0v) is 12.9. The van der Waals surface area contributed by atoms with Gasteiger partial charge in [-0.3, -0.25) is 0 Å². The van der Waals surface area contributed by atoms with Gasteiger partial charge >= 0.3 is 5.97 Å². The maximum absolute atomic E-state index is 12.1. The molecule has 0 aliphatic rings. The Bertz CT molecular complexity index is 815. The third-order valence-corrected chi connectivity index (χ3v) is 4.12. The quantitative estimate of drug-likeness (QED) is 0.615. The zero-order chi connectivity index (χ0) is 16.9. The molecular weight excluding hydrogens is 320 g/mol. The van der Waals surface area contributed by atoms with Crippen molar-refractivity contribution < 1.29 is 23.1 Å². The van der Waals surface area contributed by atoms with E-state index < -0.39 is 21.7 Å². The Morgan fingerprint density at radius 2 is 1.70 bits per heavy atom. The summed E-state index contributed by atoms with van der Waals surface area (Å²) in [6.45, 7) is 0. The van der Waals surface area contributed by atoms with Gasteiger partial charge in [0, 0.05) is 5.56 Å². The molecule has 2 rings (SSSR count). The lowest BCUT2D eigenvalue weighted by Gasteiger charge is -2.06. The number of hydrazone groups is 1. The lowest BCUT2D eigenvalue weighted by atomic mass is 10.1. The second-order valence-corrected chi connectivity index (χ2v) is 6.06. The maximum atomic E-state index is 12.1. The summed E-state index contributed by atoms with van der Waals surface area (Å²) in [7, 11) is -2.51. The van der Waals surface area contributed by atoms with E-state index in [2.05, 4.69) is 5.10 Å². The Balaban J connectivity index is 2.29. The molecule has 0 aliphatic heterocycles. The van der Waals surface area contributed by atoms with Crippen LogP contribution in [0.15, 0.2) is 64.6 Å². The predicted octanol–water partition coefficient (Wildman–Crippen LogP) is 1.46. The second-order valence-electron chi connectivity index (χ2n) is 4.40. The van der Waals surface area contributed by atoms with Crippen LogP contribution in [0.4, 0.5) is 0 Å². The topological polar surface area (TPSA) is 105 Å². The minimum absolute atomic E-state index is 0.0557. The molecule has 23 heavy (non-hydrogen) atoms. The number of methoxy groups -OCH3 is 1. The van der Waals surface area contributed by atoms with Gasteiger partial charge in [0.2, 0.25) is 0 Å². The highest BCUT2D eigenvalue weighted by Gasteiger charge is 2.17. The second kappa shape index (κ2) is 6.93. The number of hydrogen-bond acceptors (Lipinski definition) is 5. The van der Waals surface area contributed by atoms with E-state index in [-0.39, 0.29) is 10.5 Å². The normalized spacial score (nSPS) is 11.8. The van der Waals surface area contributed by atoms with Crippen LogP contribution in [0.3, 0.4) is 0 Å². The van der Waals surface area contributed by atoms with Crippen molar-refractivity contribution in [3.05, 3.63) is 60.2 Å². The Labute approximate surface area is 133 Å². The summed E-state index contributed by atoms with van der Waals surface area (Å²) in [4.78, 5) is 13.1. The summed E-state index contributed by atoms with van der Waals surface area (Å²) in [5, 5.41) is 12.7. The number of aliphatic carboxylic acids is 1. The molecule has 0 saturated carbocycles. The number of carboxylic acids is 1. The number of rotatable bonds is 6. The first-order chi connectivity index (χ1) is 10.9. The van der Waals surface area contributed by atoms with Crippen LogP contribution in [0.5, 0.6) is 5.75 Å². The first-order valence-corrected chi connectivity index (χ1v) is 7.94. The molecule has 0 amide bonds. The first kappa shape index (κ1) is 16.5. The van der Waals surface area contributed by atoms with Gasteiger partial charge in [-0.2, -0.15) is 18.4 Å². The van der Waals surface area contributed by atoms with Gasteiger partial charge in [0.05, 0.1) is 12.0 Å². The van der Waals surface area contributed by atoms with Crippen LogP contribution in [0.1, 0.15) is 5.56 Å². The van der Waals surface area contributed by atoms with E-state index in [0.29, 0.717) is 5.75 Å². The van der Waals surface area contributed by atoms with Crippen molar-refractivity contribution in [2.24, 2.45) is 5.10 Å². The number of ether oxygens (including phenoxy) is 1. The minimum Gasteiger partial charge on any atom is -0.497 e. The third kappa shape index (κ3) is 4.07. The molecule has 0 radical (unpaired) electrons. The summed E-state index contributed by atoms with van der Waals surface area (Å²) >= 11 is 0. The van der Waals surface area contributed by atoms with E-state index in [1.165, 1.54) is 43.5 Å². The molecule has 0 aromatic heterocycles. The van der Waals surface area contributed by atoms with Gasteiger partial charge in [-0.05, 0) is 24.3 Å². The Hall–Kier alpha value is -2.87. The average molecular weight is 334 g/mol. The molecule has 0 saturated heterocycles. The fourth-order valence-electron chi connectivity index (χ4n) is 1.75.